The molecule has 1 amide bonds. The number of carbonyl (C=O) groups excluding carboxylic acids is 1. The van der Waals surface area contributed by atoms with E-state index in [1.54, 1.807) is 0 Å². The van der Waals surface area contributed by atoms with Crippen molar-refractivity contribution in [3.63, 3.8) is 0 Å². The van der Waals surface area contributed by atoms with Crippen LogP contribution in [0.3, 0.4) is 0 Å². The lowest BCUT2D eigenvalue weighted by atomic mass is 10.1. The molecule has 0 bridgehead atoms. The Labute approximate surface area is 109 Å². The van der Waals surface area contributed by atoms with Gasteiger partial charge in [-0.05, 0) is 23.8 Å². The third-order valence-electron chi connectivity index (χ3n) is 2.62. The second kappa shape index (κ2) is 6.55. The molecule has 0 unspecified atom stereocenters. The normalized spacial score (nSPS) is 14.8. The molecule has 1 aromatic rings. The molecule has 94 valence electrons. The van der Waals surface area contributed by atoms with Gasteiger partial charge in [-0.1, -0.05) is 13.8 Å². The minimum Gasteiger partial charge on any atom is -0.374 e. The van der Waals surface area contributed by atoms with Crippen molar-refractivity contribution in [2.45, 2.75) is 31.7 Å². The zero-order valence-corrected chi connectivity index (χ0v) is 11.6. The Hall–Kier alpha value is -1.16. The first-order chi connectivity index (χ1) is 8.16. The average molecular weight is 252 g/mol. The zero-order valence-electron chi connectivity index (χ0n) is 10.7. The maximum absolute atomic E-state index is 11.3. The molecule has 4 heteroatoms. The van der Waals surface area contributed by atoms with Crippen LogP contribution in [0.5, 0.6) is 0 Å². The highest BCUT2D eigenvalue weighted by Crippen LogP contribution is 2.23. The average Bonchev–Trinajstić information content (AvgIpc) is 2.34. The van der Waals surface area contributed by atoms with Crippen molar-refractivity contribution in [2.75, 3.05) is 18.5 Å². The van der Waals surface area contributed by atoms with Crippen molar-refractivity contribution in [3.8, 4) is 0 Å². The Morgan fingerprint density at radius 3 is 2.76 bits per heavy atom. The predicted octanol–water partition coefficient (Wildman–Crippen LogP) is 2.46. The fraction of sp³-hybridized carbons (Fsp3) is 0.462. The maximum Gasteiger partial charge on any atom is 0.222 e. The van der Waals surface area contributed by atoms with Crippen molar-refractivity contribution >= 4 is 24.2 Å². The van der Waals surface area contributed by atoms with Crippen molar-refractivity contribution in [1.82, 2.24) is 5.32 Å². The molecule has 0 aliphatic carbocycles. The number of nitrogens with zero attached hydrogens (tertiary/aromatic N) is 1. The molecule has 0 spiro atoms. The van der Waals surface area contributed by atoms with E-state index in [1.165, 1.54) is 5.69 Å². The van der Waals surface area contributed by atoms with E-state index in [4.69, 9.17) is 0 Å². The molecular formula is C13H20N2OS. The van der Waals surface area contributed by atoms with Crippen molar-refractivity contribution in [3.05, 3.63) is 23.8 Å². The highest BCUT2D eigenvalue weighted by atomic mass is 32.1. The van der Waals surface area contributed by atoms with Gasteiger partial charge in [-0.2, -0.15) is 0 Å². The first-order valence-corrected chi connectivity index (χ1v) is 6.41. The lowest BCUT2D eigenvalue weighted by Crippen LogP contribution is -2.32. The molecule has 1 heterocycles. The van der Waals surface area contributed by atoms with Crippen LogP contribution in [0.25, 0.3) is 0 Å². The van der Waals surface area contributed by atoms with Crippen LogP contribution in [-0.4, -0.2) is 19.5 Å². The van der Waals surface area contributed by atoms with Crippen molar-refractivity contribution in [1.29, 1.82) is 0 Å². The molecule has 3 nitrogen and oxygen atoms in total. The summed E-state index contributed by atoms with van der Waals surface area (Å²) in [5.74, 6) is 0.108. The molecule has 0 atom stereocenters. The minimum atomic E-state index is 0.108. The van der Waals surface area contributed by atoms with E-state index in [9.17, 15) is 4.79 Å². The topological polar surface area (TPSA) is 32.3 Å². The Morgan fingerprint density at radius 2 is 2.06 bits per heavy atom. The van der Waals surface area contributed by atoms with Crippen molar-refractivity contribution < 1.29 is 4.79 Å². The summed E-state index contributed by atoms with van der Waals surface area (Å²) in [6.45, 7) is 5.34. The minimum absolute atomic E-state index is 0.108. The van der Waals surface area contributed by atoms with Gasteiger partial charge in [-0.15, -0.1) is 12.6 Å². The SMILES string of the molecule is CC.CN1CCC(=O)NCc2cc(S)ccc21. The lowest BCUT2D eigenvalue weighted by molar-refractivity contribution is -0.121. The summed E-state index contributed by atoms with van der Waals surface area (Å²) in [6.07, 6.45) is 0.554. The van der Waals surface area contributed by atoms with E-state index in [-0.39, 0.29) is 5.91 Å². The van der Waals surface area contributed by atoms with E-state index in [1.807, 2.05) is 33.0 Å². The molecule has 0 saturated carbocycles. The molecule has 2 rings (SSSR count). The first-order valence-electron chi connectivity index (χ1n) is 5.96. The van der Waals surface area contributed by atoms with Crippen LogP contribution < -0.4 is 10.2 Å². The van der Waals surface area contributed by atoms with Gasteiger partial charge in [0, 0.05) is 37.1 Å². The van der Waals surface area contributed by atoms with Gasteiger partial charge in [-0.25, -0.2) is 0 Å². The Balaban J connectivity index is 0.000000686. The number of nitrogens with one attached hydrogen (secondary N) is 1. The van der Waals surface area contributed by atoms with Gasteiger partial charge >= 0.3 is 0 Å². The number of benzene rings is 1. The second-order valence-corrected chi connectivity index (χ2v) is 4.28. The summed E-state index contributed by atoms with van der Waals surface area (Å²) >= 11 is 4.30. The molecule has 0 fully saturated rings. The number of hydrogen-bond acceptors (Lipinski definition) is 3. The number of amides is 1. The zero-order chi connectivity index (χ0) is 12.8. The number of thiol groups is 1. The lowest BCUT2D eigenvalue weighted by Gasteiger charge is -2.25. The summed E-state index contributed by atoms with van der Waals surface area (Å²) in [7, 11) is 2.01. The smallest absolute Gasteiger partial charge is 0.222 e. The summed E-state index contributed by atoms with van der Waals surface area (Å²) in [5, 5.41) is 2.89. The Kier molecular flexibility index (Phi) is 5.35. The van der Waals surface area contributed by atoms with Gasteiger partial charge in [0.05, 0.1) is 0 Å². The largest absolute Gasteiger partial charge is 0.374 e. The third kappa shape index (κ3) is 3.66. The van der Waals surface area contributed by atoms with Crippen LogP contribution in [0.1, 0.15) is 25.8 Å². The molecule has 1 aliphatic rings. The highest BCUT2D eigenvalue weighted by molar-refractivity contribution is 7.80. The molecule has 1 N–H and O–H groups in total. The van der Waals surface area contributed by atoms with Crippen LogP contribution in [-0.2, 0) is 11.3 Å². The van der Waals surface area contributed by atoms with E-state index < -0.39 is 0 Å². The summed E-state index contributed by atoms with van der Waals surface area (Å²) in [4.78, 5) is 14.4. The molecule has 17 heavy (non-hydrogen) atoms. The van der Waals surface area contributed by atoms with Gasteiger partial charge in [0.15, 0.2) is 0 Å². The van der Waals surface area contributed by atoms with Crippen LogP contribution in [0, 0.1) is 0 Å². The molecular weight excluding hydrogens is 232 g/mol. The number of carbonyl (C=O) groups is 1. The van der Waals surface area contributed by atoms with E-state index in [0.29, 0.717) is 13.0 Å². The Morgan fingerprint density at radius 1 is 1.35 bits per heavy atom. The number of hydrogen-bond donors (Lipinski definition) is 2. The molecule has 0 aromatic heterocycles. The third-order valence-corrected chi connectivity index (χ3v) is 2.90. The Bertz CT molecular complexity index is 393. The van der Waals surface area contributed by atoms with Crippen LogP contribution in [0.2, 0.25) is 0 Å². The summed E-state index contributed by atoms with van der Waals surface area (Å²) in [5.41, 5.74) is 2.30. The highest BCUT2D eigenvalue weighted by Gasteiger charge is 2.13. The second-order valence-electron chi connectivity index (χ2n) is 3.76. The molecule has 0 radical (unpaired) electrons. The van der Waals surface area contributed by atoms with Gasteiger partial charge < -0.3 is 10.2 Å². The molecule has 1 aromatic carbocycles. The molecule has 1 aliphatic heterocycles. The van der Waals surface area contributed by atoms with E-state index in [0.717, 1.165) is 17.0 Å². The fourth-order valence-corrected chi connectivity index (χ4v) is 1.99. The number of rotatable bonds is 0. The summed E-state index contributed by atoms with van der Waals surface area (Å²) in [6, 6.07) is 6.03. The fourth-order valence-electron chi connectivity index (χ4n) is 1.76. The summed E-state index contributed by atoms with van der Waals surface area (Å²) < 4.78 is 0. The monoisotopic (exact) mass is 252 g/mol. The first kappa shape index (κ1) is 13.9. The van der Waals surface area contributed by atoms with E-state index in [2.05, 4.69) is 28.9 Å². The molecule has 0 saturated heterocycles. The van der Waals surface area contributed by atoms with E-state index >= 15 is 0 Å². The van der Waals surface area contributed by atoms with Crippen LogP contribution in [0.15, 0.2) is 23.1 Å². The standard InChI is InChI=1S/C11H14N2OS.C2H6/c1-13-5-4-11(14)12-7-8-6-9(15)2-3-10(8)13;1-2/h2-3,6,15H,4-5,7H2,1H3,(H,12,14);1-2H3. The van der Waals surface area contributed by atoms with Gasteiger partial charge in [0.2, 0.25) is 5.91 Å². The number of fused-ring (bicyclic) bond motifs is 1. The maximum atomic E-state index is 11.3. The van der Waals surface area contributed by atoms with Crippen LogP contribution >= 0.6 is 12.6 Å². The van der Waals surface area contributed by atoms with Crippen molar-refractivity contribution in [2.24, 2.45) is 0 Å². The van der Waals surface area contributed by atoms with Gasteiger partial charge in [-0.3, -0.25) is 4.79 Å². The quantitative estimate of drug-likeness (QED) is 0.695. The van der Waals surface area contributed by atoms with Gasteiger partial charge in [0.1, 0.15) is 0 Å². The van der Waals surface area contributed by atoms with Crippen LogP contribution in [0.4, 0.5) is 5.69 Å². The van der Waals surface area contributed by atoms with Gasteiger partial charge in [0.25, 0.3) is 0 Å². The predicted molar refractivity (Wildman–Crippen MR) is 74.8 cm³/mol. The number of anilines is 1.